The number of rotatable bonds is 50. The molecule has 0 bridgehead atoms. The van der Waals surface area contributed by atoms with Crippen molar-refractivity contribution in [2.75, 3.05) is 111 Å². The van der Waals surface area contributed by atoms with E-state index in [9.17, 15) is 19.2 Å². The first-order valence-corrected chi connectivity index (χ1v) is 41.7. The third-order valence-corrected chi connectivity index (χ3v) is 21.4. The van der Waals surface area contributed by atoms with Gasteiger partial charge in [-0.05, 0) is 123 Å². The SMILES string of the molecule is CC(=O)N(CC(=O)N(CC(=O)N(CCCCN)CC(=O)N(CC(=O)N(CC(=O)N(CCCCN)CC(=O)N(CC(=O)N(CC(=O)N(CCCCN)CC(=O)N(CC(=O)N(CC(N)=O)[C@@H](C)c1ccccc1)[C@@H](C)c1ccccc1)Cc1ccccc1)Cc1ccccc1)Cc1ccccc1)Cc1ccccc1)Cc1ccccc1)[C@@H](C)c1ccccc1. The number of carbonyl (C=O) groups excluding carboxylic acids is 12. The molecule has 0 aromatic heterocycles. The Balaban J connectivity index is 1.07. The maximum Gasteiger partial charge on any atom is 0.243 e. The summed E-state index contributed by atoms with van der Waals surface area (Å²) < 4.78 is 0. The highest BCUT2D eigenvalue weighted by Crippen LogP contribution is 2.27. The summed E-state index contributed by atoms with van der Waals surface area (Å²) in [6.07, 6.45) is 2.48. The summed E-state index contributed by atoms with van der Waals surface area (Å²) in [5.74, 6) is -7.24. The molecule has 646 valence electrons. The van der Waals surface area contributed by atoms with Crippen LogP contribution in [0.3, 0.4) is 0 Å². The van der Waals surface area contributed by atoms with Gasteiger partial charge in [-0.25, -0.2) is 0 Å². The number of nitrogens with zero attached hydrogens (tertiary/aromatic N) is 11. The smallest absolute Gasteiger partial charge is 0.243 e. The standard InChI is InChI=1S/C95H119N15O12/c1-73(82-45-23-10-24-46-82)108(76(4)111)71-93(120)107(61-81-43-21-9-22-44-81)67-87(114)101(55-33-30-52-97)64-90(117)105(59-79-39-17-7-18-40-79)68-91(118)103(57-77-35-13-5-14-36-77)65-86(113)100(54-32-29-51-96)63-89(116)106(60-80-41-19-8-20-42-80)69-92(119)104(58-78-37-15-6-16-38-78)66-88(115)102(56-34-31-53-98)70-94(121)110(75(3)84-49-27-12-28-50-84)72-95(122)109(62-85(99)112)74(2)83-47-25-11-26-48-83/h5-28,35-50,73-75H,29-34,51-72,96-98H2,1-4H3,(H2,99,112)/t73-,74-,75-/m0/s1. The molecule has 27 nitrogen and oxygen atoms in total. The molecular weight excluding hydrogens is 1540 g/mol. The summed E-state index contributed by atoms with van der Waals surface area (Å²) in [4.78, 5) is 193. The summed E-state index contributed by atoms with van der Waals surface area (Å²) in [5.41, 5.74) is 29.3. The summed E-state index contributed by atoms with van der Waals surface area (Å²) in [5, 5.41) is 0. The zero-order valence-corrected chi connectivity index (χ0v) is 70.8. The molecule has 0 heterocycles. The van der Waals surface area contributed by atoms with E-state index in [-0.39, 0.29) is 84.4 Å². The number of hydrogen-bond acceptors (Lipinski definition) is 15. The molecule has 27 heteroatoms. The van der Waals surface area contributed by atoms with Crippen LogP contribution < -0.4 is 22.9 Å². The van der Waals surface area contributed by atoms with Gasteiger partial charge in [0.25, 0.3) is 0 Å². The van der Waals surface area contributed by atoms with Gasteiger partial charge in [-0.3, -0.25) is 57.5 Å². The number of hydrogen-bond donors (Lipinski definition) is 4. The fourth-order valence-electron chi connectivity index (χ4n) is 14.3. The van der Waals surface area contributed by atoms with E-state index in [1.54, 1.807) is 141 Å². The Morgan fingerprint density at radius 2 is 0.426 bits per heavy atom. The summed E-state index contributed by atoms with van der Waals surface area (Å²) in [6, 6.07) is 70.4. The van der Waals surface area contributed by atoms with Crippen molar-refractivity contribution in [2.24, 2.45) is 22.9 Å². The van der Waals surface area contributed by atoms with Crippen molar-refractivity contribution in [2.45, 2.75) is 117 Å². The van der Waals surface area contributed by atoms with Gasteiger partial charge in [0.15, 0.2) is 0 Å². The number of carbonyl (C=O) groups is 12. The first kappa shape index (κ1) is 94.8. The molecule has 3 atom stereocenters. The molecule has 0 fully saturated rings. The second-order valence-corrected chi connectivity index (χ2v) is 30.5. The van der Waals surface area contributed by atoms with E-state index in [2.05, 4.69) is 0 Å². The topological polar surface area (TPSA) is 345 Å². The fraction of sp³-hybridized carbons (Fsp3) is 0.368. The minimum absolute atomic E-state index is 0.000228. The molecule has 0 radical (unpaired) electrons. The maximum atomic E-state index is 15.5. The first-order chi connectivity index (χ1) is 58.9. The van der Waals surface area contributed by atoms with E-state index < -0.39 is 149 Å². The zero-order chi connectivity index (χ0) is 87.7. The number of nitrogens with two attached hydrogens (primary N) is 4. The van der Waals surface area contributed by atoms with Crippen molar-refractivity contribution in [1.29, 1.82) is 0 Å². The third-order valence-electron chi connectivity index (χ3n) is 21.4. The molecule has 122 heavy (non-hydrogen) atoms. The lowest BCUT2D eigenvalue weighted by Crippen LogP contribution is -2.52. The van der Waals surface area contributed by atoms with E-state index in [1.807, 2.05) is 122 Å². The molecule has 0 aliphatic heterocycles. The molecule has 12 amide bonds. The van der Waals surface area contributed by atoms with Crippen molar-refractivity contribution < 1.29 is 57.5 Å². The maximum absolute atomic E-state index is 15.5. The van der Waals surface area contributed by atoms with Gasteiger partial charge in [0.1, 0.15) is 45.8 Å². The van der Waals surface area contributed by atoms with E-state index in [0.717, 1.165) is 11.1 Å². The van der Waals surface area contributed by atoms with Crippen molar-refractivity contribution in [3.8, 4) is 0 Å². The van der Waals surface area contributed by atoms with Crippen LogP contribution >= 0.6 is 0 Å². The zero-order valence-electron chi connectivity index (χ0n) is 70.8. The first-order valence-electron chi connectivity index (χ1n) is 41.7. The minimum Gasteiger partial charge on any atom is -0.368 e. The van der Waals surface area contributed by atoms with Crippen molar-refractivity contribution in [3.05, 3.63) is 287 Å². The van der Waals surface area contributed by atoms with E-state index in [1.165, 1.54) is 60.8 Å². The Bertz CT molecular complexity index is 4630. The molecular formula is C95H119N15O12. The summed E-state index contributed by atoms with van der Waals surface area (Å²) in [7, 11) is 0. The van der Waals surface area contributed by atoms with E-state index in [0.29, 0.717) is 71.9 Å². The number of amides is 12. The van der Waals surface area contributed by atoms with Gasteiger partial charge in [-0.2, -0.15) is 0 Å². The highest BCUT2D eigenvalue weighted by Gasteiger charge is 2.36. The highest BCUT2D eigenvalue weighted by molar-refractivity contribution is 5.95. The third kappa shape index (κ3) is 30.8. The number of primary amides is 1. The lowest BCUT2D eigenvalue weighted by atomic mass is 10.1. The average molecular weight is 1660 g/mol. The van der Waals surface area contributed by atoms with E-state index in [4.69, 9.17) is 22.9 Å². The van der Waals surface area contributed by atoms with Crippen LogP contribution in [0, 0.1) is 0 Å². The molecule has 0 unspecified atom stereocenters. The predicted octanol–water partition coefficient (Wildman–Crippen LogP) is 8.11. The molecule has 8 rings (SSSR count). The molecule has 0 spiro atoms. The predicted molar refractivity (Wildman–Crippen MR) is 468 cm³/mol. The lowest BCUT2D eigenvalue weighted by Gasteiger charge is -2.35. The van der Waals surface area contributed by atoms with Crippen LogP contribution in [0.15, 0.2) is 243 Å². The Morgan fingerprint density at radius 1 is 0.238 bits per heavy atom. The second-order valence-electron chi connectivity index (χ2n) is 30.5. The van der Waals surface area contributed by atoms with Crippen LogP contribution in [0.5, 0.6) is 0 Å². The normalized spacial score (nSPS) is 11.7. The van der Waals surface area contributed by atoms with E-state index >= 15 is 38.4 Å². The van der Waals surface area contributed by atoms with Crippen LogP contribution in [-0.2, 0) is 90.3 Å². The van der Waals surface area contributed by atoms with Crippen LogP contribution in [0.2, 0.25) is 0 Å². The van der Waals surface area contributed by atoms with Crippen molar-refractivity contribution >= 4 is 70.9 Å². The molecule has 0 aliphatic carbocycles. The van der Waals surface area contributed by atoms with Gasteiger partial charge in [-0.1, -0.05) is 243 Å². The minimum atomic E-state index is -0.760. The number of benzene rings is 8. The largest absolute Gasteiger partial charge is 0.368 e. The second kappa shape index (κ2) is 50.4. The average Bonchev–Trinajstić information content (AvgIpc) is 0.843. The van der Waals surface area contributed by atoms with Gasteiger partial charge in [0, 0.05) is 59.3 Å². The van der Waals surface area contributed by atoms with Gasteiger partial charge < -0.3 is 76.8 Å². The Labute approximate surface area is 717 Å². The molecule has 8 aromatic carbocycles. The number of unbranched alkanes of at least 4 members (excludes halogenated alkanes) is 3. The van der Waals surface area contributed by atoms with Crippen LogP contribution in [0.1, 0.15) is 129 Å². The quantitative estimate of drug-likeness (QED) is 0.0262. The van der Waals surface area contributed by atoms with Crippen molar-refractivity contribution in [3.63, 3.8) is 0 Å². The van der Waals surface area contributed by atoms with Gasteiger partial charge >= 0.3 is 0 Å². The Kier molecular flexibility index (Phi) is 39.1. The molecule has 0 saturated heterocycles. The molecule has 8 N–H and O–H groups in total. The van der Waals surface area contributed by atoms with Crippen molar-refractivity contribution in [1.82, 2.24) is 53.9 Å². The van der Waals surface area contributed by atoms with Crippen LogP contribution in [0.4, 0.5) is 0 Å². The molecule has 0 saturated carbocycles. The molecule has 0 aliphatic rings. The fourth-order valence-corrected chi connectivity index (χ4v) is 14.3. The highest BCUT2D eigenvalue weighted by atomic mass is 16.2. The monoisotopic (exact) mass is 1660 g/mol. The van der Waals surface area contributed by atoms with Crippen LogP contribution in [-0.4, -0.2) is 236 Å². The molecule has 8 aromatic rings. The Morgan fingerprint density at radius 3 is 0.664 bits per heavy atom. The van der Waals surface area contributed by atoms with Gasteiger partial charge in [0.05, 0.1) is 44.3 Å². The lowest BCUT2D eigenvalue weighted by molar-refractivity contribution is -0.150. The summed E-state index contributed by atoms with van der Waals surface area (Å²) >= 11 is 0. The van der Waals surface area contributed by atoms with Gasteiger partial charge in [0.2, 0.25) is 70.9 Å². The Hall–Kier alpha value is -12.7. The summed E-state index contributed by atoms with van der Waals surface area (Å²) in [6.45, 7) is 1.39. The van der Waals surface area contributed by atoms with Crippen LogP contribution in [0.25, 0.3) is 0 Å². The van der Waals surface area contributed by atoms with Gasteiger partial charge in [-0.15, -0.1) is 0 Å².